The van der Waals surface area contributed by atoms with Gasteiger partial charge in [-0.25, -0.2) is 0 Å². The predicted octanol–water partition coefficient (Wildman–Crippen LogP) is 2.12. The lowest BCUT2D eigenvalue weighted by Gasteiger charge is -1.98. The normalized spacial score (nSPS) is 14.0. The summed E-state index contributed by atoms with van der Waals surface area (Å²) in [5, 5.41) is 3.10. The van der Waals surface area contributed by atoms with Crippen molar-refractivity contribution in [2.24, 2.45) is 0 Å². The van der Waals surface area contributed by atoms with Gasteiger partial charge in [0.1, 0.15) is 0 Å². The number of hydrogen-bond acceptors (Lipinski definition) is 1. The third-order valence-electron chi connectivity index (χ3n) is 1.39. The van der Waals surface area contributed by atoms with Gasteiger partial charge >= 0.3 is 0 Å². The van der Waals surface area contributed by atoms with Crippen LogP contribution in [0.15, 0.2) is 23.3 Å². The van der Waals surface area contributed by atoms with Crippen molar-refractivity contribution < 1.29 is 0 Å². The topological polar surface area (TPSA) is 12.0 Å². The van der Waals surface area contributed by atoms with Crippen LogP contribution < -0.4 is 5.32 Å². The zero-order chi connectivity index (χ0) is 7.98. The van der Waals surface area contributed by atoms with Gasteiger partial charge in [-0.3, -0.25) is 0 Å². The first-order valence-electron chi connectivity index (χ1n) is 3.65. The number of rotatable bonds is 3. The molecule has 0 heterocycles. The molecule has 0 aliphatic heterocycles. The van der Waals surface area contributed by atoms with Crippen LogP contribution in [0.4, 0.5) is 0 Å². The van der Waals surface area contributed by atoms with Crippen LogP contribution in [0.5, 0.6) is 0 Å². The number of hydrogen-bond donors (Lipinski definition) is 1. The molecule has 0 saturated carbocycles. The van der Waals surface area contributed by atoms with E-state index >= 15 is 0 Å². The van der Waals surface area contributed by atoms with Gasteiger partial charge in [0.15, 0.2) is 0 Å². The molecule has 0 radical (unpaired) electrons. The lowest BCUT2D eigenvalue weighted by Crippen LogP contribution is -2.08. The predicted molar refractivity (Wildman–Crippen MR) is 47.1 cm³/mol. The van der Waals surface area contributed by atoms with E-state index in [4.69, 9.17) is 0 Å². The van der Waals surface area contributed by atoms with Crippen LogP contribution in [0.2, 0.25) is 0 Å². The van der Waals surface area contributed by atoms with Crippen LogP contribution in [0.1, 0.15) is 20.8 Å². The van der Waals surface area contributed by atoms with E-state index in [0.717, 1.165) is 6.54 Å². The van der Waals surface area contributed by atoms with Crippen LogP contribution in [0.3, 0.4) is 0 Å². The zero-order valence-corrected chi connectivity index (χ0v) is 7.36. The second-order valence-electron chi connectivity index (χ2n) is 2.55. The molecule has 0 rings (SSSR count). The third-order valence-corrected chi connectivity index (χ3v) is 1.39. The summed E-state index contributed by atoms with van der Waals surface area (Å²) in [6.45, 7) is 7.27. The minimum Gasteiger partial charge on any atom is -0.316 e. The van der Waals surface area contributed by atoms with Gasteiger partial charge < -0.3 is 5.32 Å². The molecule has 0 aliphatic rings. The molecule has 0 spiro atoms. The van der Waals surface area contributed by atoms with E-state index in [1.165, 1.54) is 11.1 Å². The maximum Gasteiger partial charge on any atom is 0.0162 e. The largest absolute Gasteiger partial charge is 0.316 e. The van der Waals surface area contributed by atoms with Crippen molar-refractivity contribution in [1.29, 1.82) is 0 Å². The average Bonchev–Trinajstić information content (AvgIpc) is 1.88. The molecule has 0 bridgehead atoms. The standard InChI is InChI=1S/C9H17N/c1-5-8(2)6-9(3)7-10-4/h5-6,10H,7H2,1-4H3/b8-5-,9-6+. The lowest BCUT2D eigenvalue weighted by atomic mass is 10.2. The van der Waals surface area contributed by atoms with Crippen molar-refractivity contribution in [3.8, 4) is 0 Å². The first-order valence-corrected chi connectivity index (χ1v) is 3.65. The fraction of sp³-hybridized carbons (Fsp3) is 0.556. The fourth-order valence-corrected chi connectivity index (χ4v) is 0.802. The molecule has 0 aliphatic carbocycles. The fourth-order valence-electron chi connectivity index (χ4n) is 0.802. The maximum absolute atomic E-state index is 3.10. The van der Waals surface area contributed by atoms with E-state index in [1.807, 2.05) is 7.05 Å². The van der Waals surface area contributed by atoms with Gasteiger partial charge in [0.05, 0.1) is 0 Å². The minimum atomic E-state index is 0.977. The molecule has 0 aromatic rings. The van der Waals surface area contributed by atoms with Crippen LogP contribution in [-0.4, -0.2) is 13.6 Å². The Balaban J connectivity index is 3.90. The molecule has 0 saturated heterocycles. The Kier molecular flexibility index (Phi) is 4.95. The second-order valence-corrected chi connectivity index (χ2v) is 2.55. The average molecular weight is 139 g/mol. The molecular weight excluding hydrogens is 122 g/mol. The highest BCUT2D eigenvalue weighted by atomic mass is 14.8. The molecule has 10 heavy (non-hydrogen) atoms. The number of allylic oxidation sites excluding steroid dienone is 3. The van der Waals surface area contributed by atoms with Crippen molar-refractivity contribution in [1.82, 2.24) is 5.32 Å². The first kappa shape index (κ1) is 9.44. The highest BCUT2D eigenvalue weighted by molar-refractivity contribution is 5.20. The minimum absolute atomic E-state index is 0.977. The molecule has 0 aromatic heterocycles. The summed E-state index contributed by atoms with van der Waals surface area (Å²) < 4.78 is 0. The van der Waals surface area contributed by atoms with Gasteiger partial charge in [0, 0.05) is 6.54 Å². The second kappa shape index (κ2) is 5.24. The van der Waals surface area contributed by atoms with E-state index in [-0.39, 0.29) is 0 Å². The van der Waals surface area contributed by atoms with E-state index in [9.17, 15) is 0 Å². The van der Waals surface area contributed by atoms with Crippen LogP contribution in [-0.2, 0) is 0 Å². The quantitative estimate of drug-likeness (QED) is 0.590. The van der Waals surface area contributed by atoms with Crippen molar-refractivity contribution in [3.63, 3.8) is 0 Å². The summed E-state index contributed by atoms with van der Waals surface area (Å²) >= 11 is 0. The Morgan fingerprint density at radius 1 is 1.40 bits per heavy atom. The zero-order valence-electron chi connectivity index (χ0n) is 7.36. The summed E-state index contributed by atoms with van der Waals surface area (Å²) in [6.07, 6.45) is 4.30. The maximum atomic E-state index is 3.10. The molecule has 1 N–H and O–H groups in total. The van der Waals surface area contributed by atoms with Crippen LogP contribution in [0.25, 0.3) is 0 Å². The molecule has 0 atom stereocenters. The van der Waals surface area contributed by atoms with Gasteiger partial charge in [-0.1, -0.05) is 23.3 Å². The van der Waals surface area contributed by atoms with Crippen molar-refractivity contribution >= 4 is 0 Å². The Hall–Kier alpha value is -0.560. The van der Waals surface area contributed by atoms with E-state index < -0.39 is 0 Å². The van der Waals surface area contributed by atoms with Crippen molar-refractivity contribution in [2.75, 3.05) is 13.6 Å². The van der Waals surface area contributed by atoms with Crippen LogP contribution in [0, 0.1) is 0 Å². The van der Waals surface area contributed by atoms with E-state index in [1.54, 1.807) is 0 Å². The summed E-state index contributed by atoms with van der Waals surface area (Å²) in [7, 11) is 1.96. The van der Waals surface area contributed by atoms with Crippen molar-refractivity contribution in [3.05, 3.63) is 23.3 Å². The first-order chi connectivity index (χ1) is 4.70. The SMILES string of the molecule is C/C=C(C)\C=C(/C)CNC. The van der Waals surface area contributed by atoms with Gasteiger partial charge in [-0.15, -0.1) is 0 Å². The number of nitrogens with one attached hydrogen (secondary N) is 1. The highest BCUT2D eigenvalue weighted by Gasteiger charge is 1.85. The molecular formula is C9H17N. The Morgan fingerprint density at radius 2 is 2.00 bits per heavy atom. The van der Waals surface area contributed by atoms with Gasteiger partial charge in [-0.2, -0.15) is 0 Å². The van der Waals surface area contributed by atoms with E-state index in [2.05, 4.69) is 38.2 Å². The Bertz CT molecular complexity index is 143. The molecule has 0 amide bonds. The molecule has 0 unspecified atom stereocenters. The molecule has 0 fully saturated rings. The van der Waals surface area contributed by atoms with Gasteiger partial charge in [0.2, 0.25) is 0 Å². The van der Waals surface area contributed by atoms with Crippen LogP contribution >= 0.6 is 0 Å². The summed E-state index contributed by atoms with van der Waals surface area (Å²) in [5.74, 6) is 0. The van der Waals surface area contributed by atoms with Crippen molar-refractivity contribution in [2.45, 2.75) is 20.8 Å². The lowest BCUT2D eigenvalue weighted by molar-refractivity contribution is 0.879. The summed E-state index contributed by atoms with van der Waals surface area (Å²) in [4.78, 5) is 0. The smallest absolute Gasteiger partial charge is 0.0162 e. The molecule has 1 nitrogen and oxygen atoms in total. The van der Waals surface area contributed by atoms with E-state index in [0.29, 0.717) is 0 Å². The Labute approximate surface area is 63.8 Å². The monoisotopic (exact) mass is 139 g/mol. The molecule has 0 aromatic carbocycles. The Morgan fingerprint density at radius 3 is 2.40 bits per heavy atom. The highest BCUT2D eigenvalue weighted by Crippen LogP contribution is 1.99. The third kappa shape index (κ3) is 4.33. The molecule has 1 heteroatoms. The summed E-state index contributed by atoms with van der Waals surface area (Å²) in [6, 6.07) is 0. The van der Waals surface area contributed by atoms with Gasteiger partial charge in [0.25, 0.3) is 0 Å². The molecule has 58 valence electrons. The van der Waals surface area contributed by atoms with Gasteiger partial charge in [-0.05, 0) is 27.8 Å². The number of likely N-dealkylation sites (N-methyl/N-ethyl adjacent to an activating group) is 1. The summed E-state index contributed by atoms with van der Waals surface area (Å²) in [5.41, 5.74) is 2.70.